The normalized spacial score (nSPS) is 11.4. The average Bonchev–Trinajstić information content (AvgIpc) is 3.01. The van der Waals surface area contributed by atoms with E-state index in [-0.39, 0.29) is 16.4 Å². The first-order valence-electron chi connectivity index (χ1n) is 6.53. The van der Waals surface area contributed by atoms with E-state index in [1.54, 1.807) is 12.1 Å². The zero-order valence-electron chi connectivity index (χ0n) is 12.3. The Balaban J connectivity index is 2.00. The molecule has 0 unspecified atom stereocenters. The van der Waals surface area contributed by atoms with Crippen molar-refractivity contribution in [2.24, 2.45) is 0 Å². The lowest BCUT2D eigenvalue weighted by Crippen LogP contribution is -2.11. The number of nitrogens with zero attached hydrogens (tertiary/aromatic N) is 1. The highest BCUT2D eigenvalue weighted by Crippen LogP contribution is 2.31. The van der Waals surface area contributed by atoms with Crippen molar-refractivity contribution in [1.29, 1.82) is 0 Å². The van der Waals surface area contributed by atoms with Crippen LogP contribution in [0.4, 0.5) is 0 Å². The second-order valence-electron chi connectivity index (χ2n) is 4.54. The minimum absolute atomic E-state index is 0.122. The number of benzene rings is 2. The molecule has 0 saturated heterocycles. The molecule has 0 N–H and O–H groups in total. The van der Waals surface area contributed by atoms with Gasteiger partial charge in [0.1, 0.15) is 22.8 Å². The smallest absolute Gasteiger partial charge is 0.343 e. The van der Waals surface area contributed by atoms with Crippen LogP contribution in [0.5, 0.6) is 17.2 Å². The van der Waals surface area contributed by atoms with E-state index in [0.717, 1.165) is 0 Å². The predicted octanol–water partition coefficient (Wildman–Crippen LogP) is 2.61. The molecule has 8 heteroatoms. The molecule has 120 valence electrons. The van der Waals surface area contributed by atoms with Crippen molar-refractivity contribution in [3.63, 3.8) is 0 Å². The number of aromatic nitrogens is 1. The number of hydrogen-bond acceptors (Lipinski definition) is 7. The Morgan fingerprint density at radius 3 is 2.52 bits per heavy atom. The topological polar surface area (TPSA) is 87.9 Å². The highest BCUT2D eigenvalue weighted by molar-refractivity contribution is 7.87. The van der Waals surface area contributed by atoms with Crippen molar-refractivity contribution >= 4 is 21.2 Å². The summed E-state index contributed by atoms with van der Waals surface area (Å²) in [5.74, 6) is 0.657. The minimum Gasteiger partial charge on any atom is -0.497 e. The zero-order chi connectivity index (χ0) is 16.4. The molecular weight excluding hydrogens is 322 g/mol. The molecule has 23 heavy (non-hydrogen) atoms. The Hall–Kier alpha value is -2.74. The molecule has 3 rings (SSSR count). The van der Waals surface area contributed by atoms with E-state index in [1.165, 1.54) is 44.9 Å². The summed E-state index contributed by atoms with van der Waals surface area (Å²) in [4.78, 5) is 3.83. The summed E-state index contributed by atoms with van der Waals surface area (Å²) in [7, 11) is -1.28. The van der Waals surface area contributed by atoms with E-state index in [1.807, 2.05) is 0 Å². The molecule has 0 aliphatic rings. The molecule has 2 aromatic carbocycles. The van der Waals surface area contributed by atoms with Crippen LogP contribution >= 0.6 is 0 Å². The number of fused-ring (bicyclic) bond motifs is 1. The van der Waals surface area contributed by atoms with Crippen LogP contribution < -0.4 is 13.7 Å². The van der Waals surface area contributed by atoms with Gasteiger partial charge in [0.25, 0.3) is 0 Å². The van der Waals surface area contributed by atoms with Crippen LogP contribution in [0.2, 0.25) is 0 Å². The monoisotopic (exact) mass is 335 g/mol. The molecule has 1 heterocycles. The highest BCUT2D eigenvalue weighted by atomic mass is 32.2. The summed E-state index contributed by atoms with van der Waals surface area (Å²) in [6.45, 7) is 0. The third-order valence-corrected chi connectivity index (χ3v) is 4.42. The van der Waals surface area contributed by atoms with Crippen LogP contribution in [0, 0.1) is 0 Å². The van der Waals surface area contributed by atoms with Crippen LogP contribution in [0.1, 0.15) is 0 Å². The fraction of sp³-hybridized carbons (Fsp3) is 0.133. The largest absolute Gasteiger partial charge is 0.497 e. The number of oxazole rings is 1. The molecule has 0 fully saturated rings. The van der Waals surface area contributed by atoms with E-state index < -0.39 is 10.1 Å². The number of hydrogen-bond donors (Lipinski definition) is 0. The van der Waals surface area contributed by atoms with Crippen molar-refractivity contribution < 1.29 is 26.5 Å². The first-order chi connectivity index (χ1) is 11.0. The summed E-state index contributed by atoms with van der Waals surface area (Å²) in [5, 5.41) is 0. The van der Waals surface area contributed by atoms with E-state index >= 15 is 0 Å². The van der Waals surface area contributed by atoms with E-state index in [9.17, 15) is 8.42 Å². The molecule has 7 nitrogen and oxygen atoms in total. The van der Waals surface area contributed by atoms with Crippen molar-refractivity contribution in [2.45, 2.75) is 4.90 Å². The van der Waals surface area contributed by atoms with E-state index in [0.29, 0.717) is 16.8 Å². The Labute approximate surface area is 132 Å². The SMILES string of the molecule is COc1ccc(OC)c(S(=O)(=O)Oc2ccc3ocnc3c2)c1. The lowest BCUT2D eigenvalue weighted by molar-refractivity contribution is 0.388. The zero-order valence-corrected chi connectivity index (χ0v) is 13.2. The molecule has 0 bridgehead atoms. The van der Waals surface area contributed by atoms with Crippen LogP contribution in [0.25, 0.3) is 11.1 Å². The summed E-state index contributed by atoms with van der Waals surface area (Å²) < 4.78 is 45.4. The summed E-state index contributed by atoms with van der Waals surface area (Å²) in [6, 6.07) is 8.97. The summed E-state index contributed by atoms with van der Waals surface area (Å²) in [5.41, 5.74) is 1.03. The lowest BCUT2D eigenvalue weighted by atomic mass is 10.3. The molecule has 0 spiro atoms. The maximum absolute atomic E-state index is 12.5. The summed E-state index contributed by atoms with van der Waals surface area (Å²) >= 11 is 0. The molecule has 1 aromatic heterocycles. The van der Waals surface area contributed by atoms with E-state index in [2.05, 4.69) is 4.98 Å². The highest BCUT2D eigenvalue weighted by Gasteiger charge is 2.23. The van der Waals surface area contributed by atoms with Crippen LogP contribution in [-0.4, -0.2) is 27.6 Å². The van der Waals surface area contributed by atoms with Crippen molar-refractivity contribution in [1.82, 2.24) is 4.98 Å². The van der Waals surface area contributed by atoms with Crippen LogP contribution in [0.3, 0.4) is 0 Å². The van der Waals surface area contributed by atoms with Gasteiger partial charge in [0, 0.05) is 12.1 Å². The second kappa shape index (κ2) is 5.81. The Morgan fingerprint density at radius 1 is 1.00 bits per heavy atom. The molecule has 0 atom stereocenters. The van der Waals surface area contributed by atoms with Gasteiger partial charge in [-0.2, -0.15) is 8.42 Å². The number of methoxy groups -OCH3 is 2. The van der Waals surface area contributed by atoms with Crippen LogP contribution in [-0.2, 0) is 10.1 Å². The second-order valence-corrected chi connectivity index (χ2v) is 6.05. The van der Waals surface area contributed by atoms with Crippen molar-refractivity contribution in [3.8, 4) is 17.2 Å². The van der Waals surface area contributed by atoms with E-state index in [4.69, 9.17) is 18.1 Å². The predicted molar refractivity (Wildman–Crippen MR) is 81.4 cm³/mol. The number of rotatable bonds is 5. The maximum atomic E-state index is 12.5. The maximum Gasteiger partial charge on any atom is 0.343 e. The number of ether oxygens (including phenoxy) is 2. The molecule has 0 saturated carbocycles. The molecule has 3 aromatic rings. The standard InChI is InChI=1S/C15H13NO6S/c1-19-10-3-6-14(20-2)15(8-10)23(17,18)22-11-4-5-13-12(7-11)16-9-21-13/h3-9H,1-2H3. The molecule has 0 amide bonds. The van der Waals surface area contributed by atoms with Gasteiger partial charge in [0.15, 0.2) is 16.9 Å². The molecule has 0 aliphatic carbocycles. The Kier molecular flexibility index (Phi) is 3.83. The first-order valence-corrected chi connectivity index (χ1v) is 7.94. The third kappa shape index (κ3) is 2.93. The Bertz CT molecular complexity index is 948. The third-order valence-electron chi connectivity index (χ3n) is 3.15. The fourth-order valence-corrected chi connectivity index (χ4v) is 3.15. The van der Waals surface area contributed by atoms with Gasteiger partial charge in [-0.3, -0.25) is 0 Å². The quantitative estimate of drug-likeness (QED) is 0.662. The van der Waals surface area contributed by atoms with Gasteiger partial charge in [-0.15, -0.1) is 0 Å². The van der Waals surface area contributed by atoms with Crippen molar-refractivity contribution in [3.05, 3.63) is 42.8 Å². The fourth-order valence-electron chi connectivity index (χ4n) is 2.04. The molecule has 0 radical (unpaired) electrons. The average molecular weight is 335 g/mol. The molecular formula is C15H13NO6S. The molecule has 0 aliphatic heterocycles. The van der Waals surface area contributed by atoms with Gasteiger partial charge in [0.05, 0.1) is 14.2 Å². The van der Waals surface area contributed by atoms with Crippen molar-refractivity contribution in [2.75, 3.05) is 14.2 Å². The van der Waals surface area contributed by atoms with Gasteiger partial charge in [-0.25, -0.2) is 4.98 Å². The van der Waals surface area contributed by atoms with Gasteiger partial charge < -0.3 is 18.1 Å². The minimum atomic E-state index is -4.10. The first kappa shape index (κ1) is 15.2. The lowest BCUT2D eigenvalue weighted by Gasteiger charge is -2.11. The van der Waals surface area contributed by atoms with Gasteiger partial charge in [0.2, 0.25) is 0 Å². The van der Waals surface area contributed by atoms with Crippen LogP contribution in [0.15, 0.2) is 52.1 Å². The van der Waals surface area contributed by atoms with Gasteiger partial charge >= 0.3 is 10.1 Å². The van der Waals surface area contributed by atoms with Gasteiger partial charge in [-0.1, -0.05) is 0 Å². The Morgan fingerprint density at radius 2 is 1.78 bits per heavy atom. The van der Waals surface area contributed by atoms with Gasteiger partial charge in [-0.05, 0) is 24.3 Å². The summed E-state index contributed by atoms with van der Waals surface area (Å²) in [6.07, 6.45) is 1.27.